The number of halogens is 6. The molecule has 0 radical (unpaired) electrons. The molecule has 4 amide bonds. The number of carbonyl (C=O) groups excluding carboxylic acids is 3. The zero-order valence-electron chi connectivity index (χ0n) is 24.4. The van der Waals surface area contributed by atoms with Crippen LogP contribution in [-0.2, 0) is 35.0 Å². The van der Waals surface area contributed by atoms with Gasteiger partial charge in [-0.05, 0) is 69.2 Å². The number of nitrogens with zero attached hydrogens (tertiary/aromatic N) is 4. The van der Waals surface area contributed by atoms with E-state index in [0.29, 0.717) is 25.0 Å². The summed E-state index contributed by atoms with van der Waals surface area (Å²) in [6, 6.07) is 8.77. The Balaban J connectivity index is 1.57. The van der Waals surface area contributed by atoms with Crippen LogP contribution in [0.1, 0.15) is 47.9 Å². The summed E-state index contributed by atoms with van der Waals surface area (Å²) >= 11 is 0. The SMILES string of the molecule is CN(C)CCCC[C@H]1C(=O)N(Cc2ccccc2)C[C@@H]2N(C(=O)NCc3cc(C(F)(F)F)cc(C(F)(F)F)c3)CCC(=O)N21. The highest BCUT2D eigenvalue weighted by molar-refractivity contribution is 5.91. The molecule has 0 bridgehead atoms. The van der Waals surface area contributed by atoms with E-state index in [-0.39, 0.29) is 49.5 Å². The van der Waals surface area contributed by atoms with Gasteiger partial charge in [0.2, 0.25) is 11.8 Å². The van der Waals surface area contributed by atoms with Crippen molar-refractivity contribution in [1.29, 1.82) is 0 Å². The zero-order chi connectivity index (χ0) is 32.2. The van der Waals surface area contributed by atoms with Crippen LogP contribution in [0.25, 0.3) is 0 Å². The topological polar surface area (TPSA) is 76.2 Å². The Kier molecular flexibility index (Phi) is 10.1. The molecule has 2 aromatic rings. The first-order chi connectivity index (χ1) is 20.6. The highest BCUT2D eigenvalue weighted by Gasteiger charge is 2.48. The Morgan fingerprint density at radius 1 is 0.932 bits per heavy atom. The summed E-state index contributed by atoms with van der Waals surface area (Å²) in [6.07, 6.45) is -9.18. The molecule has 240 valence electrons. The first kappa shape index (κ1) is 33.1. The van der Waals surface area contributed by atoms with Gasteiger partial charge in [0.25, 0.3) is 0 Å². The van der Waals surface area contributed by atoms with Gasteiger partial charge in [-0.2, -0.15) is 26.3 Å². The van der Waals surface area contributed by atoms with E-state index >= 15 is 0 Å². The second-order valence-corrected chi connectivity index (χ2v) is 11.3. The number of hydrogen-bond acceptors (Lipinski definition) is 4. The lowest BCUT2D eigenvalue weighted by atomic mass is 9.98. The van der Waals surface area contributed by atoms with E-state index in [4.69, 9.17) is 0 Å². The van der Waals surface area contributed by atoms with Gasteiger partial charge in [0.1, 0.15) is 12.2 Å². The van der Waals surface area contributed by atoms with Crippen LogP contribution in [0.5, 0.6) is 0 Å². The molecule has 2 aromatic carbocycles. The van der Waals surface area contributed by atoms with Crippen molar-refractivity contribution in [1.82, 2.24) is 24.9 Å². The van der Waals surface area contributed by atoms with Crippen molar-refractivity contribution in [3.05, 3.63) is 70.8 Å². The van der Waals surface area contributed by atoms with Gasteiger partial charge in [0, 0.05) is 26.1 Å². The minimum Gasteiger partial charge on any atom is -0.334 e. The predicted molar refractivity (Wildman–Crippen MR) is 149 cm³/mol. The molecule has 2 saturated heterocycles. The molecule has 44 heavy (non-hydrogen) atoms. The van der Waals surface area contributed by atoms with E-state index in [9.17, 15) is 40.7 Å². The molecule has 4 rings (SSSR count). The molecule has 8 nitrogen and oxygen atoms in total. The minimum atomic E-state index is -5.02. The van der Waals surface area contributed by atoms with Crippen LogP contribution in [0.3, 0.4) is 0 Å². The average molecular weight is 628 g/mol. The number of fused-ring (bicyclic) bond motifs is 1. The number of carbonyl (C=O) groups is 3. The predicted octanol–water partition coefficient (Wildman–Crippen LogP) is 4.94. The molecule has 2 aliphatic heterocycles. The van der Waals surface area contributed by atoms with E-state index in [1.165, 1.54) is 9.80 Å². The van der Waals surface area contributed by atoms with Crippen LogP contribution in [-0.4, -0.2) is 83.4 Å². The summed E-state index contributed by atoms with van der Waals surface area (Å²) in [5.41, 5.74) is -2.49. The Morgan fingerprint density at radius 2 is 1.57 bits per heavy atom. The number of nitrogens with one attached hydrogen (secondary N) is 1. The highest BCUT2D eigenvalue weighted by Crippen LogP contribution is 2.36. The van der Waals surface area contributed by atoms with Gasteiger partial charge in [-0.3, -0.25) is 9.59 Å². The number of urea groups is 1. The van der Waals surface area contributed by atoms with Crippen molar-refractivity contribution in [3.8, 4) is 0 Å². The Hall–Kier alpha value is -3.81. The van der Waals surface area contributed by atoms with Gasteiger partial charge in [0.15, 0.2) is 0 Å². The molecule has 2 aliphatic rings. The van der Waals surface area contributed by atoms with Gasteiger partial charge >= 0.3 is 18.4 Å². The van der Waals surface area contributed by atoms with Gasteiger partial charge < -0.3 is 24.9 Å². The summed E-state index contributed by atoms with van der Waals surface area (Å²) in [4.78, 5) is 46.6. The smallest absolute Gasteiger partial charge is 0.334 e. The van der Waals surface area contributed by atoms with Crippen molar-refractivity contribution in [2.24, 2.45) is 0 Å². The number of benzene rings is 2. The third kappa shape index (κ3) is 8.01. The molecule has 0 unspecified atom stereocenters. The third-order valence-electron chi connectivity index (χ3n) is 7.75. The summed E-state index contributed by atoms with van der Waals surface area (Å²) in [5.74, 6) is -0.536. The van der Waals surface area contributed by atoms with E-state index in [0.717, 1.165) is 18.5 Å². The largest absolute Gasteiger partial charge is 0.416 e. The zero-order valence-corrected chi connectivity index (χ0v) is 24.4. The van der Waals surface area contributed by atoms with Gasteiger partial charge in [-0.25, -0.2) is 4.79 Å². The fourth-order valence-electron chi connectivity index (χ4n) is 5.61. The van der Waals surface area contributed by atoms with E-state index in [1.807, 2.05) is 49.3 Å². The van der Waals surface area contributed by atoms with Crippen LogP contribution in [0.4, 0.5) is 31.1 Å². The Bertz CT molecular complexity index is 1300. The fraction of sp³-hybridized carbons (Fsp3) is 0.500. The number of unbranched alkanes of at least 4 members (excludes halogenated alkanes) is 1. The number of rotatable bonds is 9. The lowest BCUT2D eigenvalue weighted by Crippen LogP contribution is -2.71. The van der Waals surface area contributed by atoms with E-state index in [1.54, 1.807) is 4.90 Å². The molecule has 2 fully saturated rings. The van der Waals surface area contributed by atoms with E-state index in [2.05, 4.69) is 5.32 Å². The first-order valence-electron chi connectivity index (χ1n) is 14.3. The maximum atomic E-state index is 13.7. The van der Waals surface area contributed by atoms with Crippen LogP contribution in [0.15, 0.2) is 48.5 Å². The molecule has 0 aliphatic carbocycles. The van der Waals surface area contributed by atoms with Crippen molar-refractivity contribution < 1.29 is 40.7 Å². The molecule has 2 atom stereocenters. The lowest BCUT2D eigenvalue weighted by molar-refractivity contribution is -0.167. The van der Waals surface area contributed by atoms with Gasteiger partial charge in [-0.15, -0.1) is 0 Å². The maximum absolute atomic E-state index is 13.7. The summed E-state index contributed by atoms with van der Waals surface area (Å²) in [5, 5.41) is 2.43. The molecule has 14 heteroatoms. The summed E-state index contributed by atoms with van der Waals surface area (Å²) in [7, 11) is 3.86. The van der Waals surface area contributed by atoms with Gasteiger partial charge in [-0.1, -0.05) is 30.3 Å². The molecule has 0 aromatic heterocycles. The number of alkyl halides is 6. The molecule has 0 saturated carbocycles. The standard InChI is InChI=1S/C30H35F6N5O3/c1-38(2)12-7-6-10-24-27(43)39(18-20-8-4-3-5-9-20)19-25-40(13-11-26(42)41(24)25)28(44)37-17-21-14-22(29(31,32)33)16-23(15-21)30(34,35)36/h3-5,8-9,14-16,24-25H,6-7,10-13,17-19H2,1-2H3,(H,37,44)/t24-,25+/m0/s1. The first-order valence-corrected chi connectivity index (χ1v) is 14.3. The summed E-state index contributed by atoms with van der Waals surface area (Å²) < 4.78 is 79.9. The normalized spacial score (nSPS) is 19.4. The number of amides is 4. The molecule has 2 heterocycles. The minimum absolute atomic E-state index is 0.00284. The molecule has 1 N–H and O–H groups in total. The number of piperazine rings is 1. The fourth-order valence-corrected chi connectivity index (χ4v) is 5.61. The van der Waals surface area contributed by atoms with Crippen molar-refractivity contribution >= 4 is 17.8 Å². The second-order valence-electron chi connectivity index (χ2n) is 11.3. The van der Waals surface area contributed by atoms with Crippen LogP contribution in [0.2, 0.25) is 0 Å². The Morgan fingerprint density at radius 3 is 2.16 bits per heavy atom. The molecular weight excluding hydrogens is 592 g/mol. The number of hydrogen-bond donors (Lipinski definition) is 1. The van der Waals surface area contributed by atoms with Gasteiger partial charge in [0.05, 0.1) is 17.7 Å². The van der Waals surface area contributed by atoms with Crippen LogP contribution < -0.4 is 5.32 Å². The van der Waals surface area contributed by atoms with Crippen molar-refractivity contribution in [2.45, 2.75) is 63.3 Å². The van der Waals surface area contributed by atoms with Crippen LogP contribution in [0, 0.1) is 0 Å². The highest BCUT2D eigenvalue weighted by atomic mass is 19.4. The van der Waals surface area contributed by atoms with E-state index < -0.39 is 48.3 Å². The molecule has 0 spiro atoms. The monoisotopic (exact) mass is 627 g/mol. The Labute approximate surface area is 251 Å². The quantitative estimate of drug-likeness (QED) is 0.316. The summed E-state index contributed by atoms with van der Waals surface area (Å²) in [6.45, 7) is 0.397. The van der Waals surface area contributed by atoms with Crippen molar-refractivity contribution in [3.63, 3.8) is 0 Å². The maximum Gasteiger partial charge on any atom is 0.416 e. The third-order valence-corrected chi connectivity index (χ3v) is 7.75. The average Bonchev–Trinajstić information content (AvgIpc) is 2.95. The van der Waals surface area contributed by atoms with Crippen LogP contribution >= 0.6 is 0 Å². The lowest BCUT2D eigenvalue weighted by Gasteiger charge is -2.52. The van der Waals surface area contributed by atoms with Crippen molar-refractivity contribution in [2.75, 3.05) is 33.7 Å². The molecular formula is C30H35F6N5O3. The second kappa shape index (κ2) is 13.4.